The number of hydrogen-bond donors (Lipinski definition) is 2. The molecule has 1 aliphatic heterocycles. The summed E-state index contributed by atoms with van der Waals surface area (Å²) in [5.41, 5.74) is 4.10. The van der Waals surface area contributed by atoms with Gasteiger partial charge in [-0.15, -0.1) is 0 Å². The lowest BCUT2D eigenvalue weighted by Crippen LogP contribution is -2.44. The van der Waals surface area contributed by atoms with Gasteiger partial charge in [0.05, 0.1) is 6.61 Å². The topological polar surface area (TPSA) is 110 Å². The normalized spacial score (nSPS) is 20.0. The van der Waals surface area contributed by atoms with Crippen molar-refractivity contribution in [3.8, 4) is 0 Å². The third kappa shape index (κ3) is 3.52. The van der Waals surface area contributed by atoms with Gasteiger partial charge in [-0.3, -0.25) is 14.6 Å². The van der Waals surface area contributed by atoms with Crippen LogP contribution in [-0.4, -0.2) is 41.5 Å². The molecule has 0 saturated carbocycles. The summed E-state index contributed by atoms with van der Waals surface area (Å²) in [4.78, 5) is 27.2. The number of ether oxygens (including phenoxy) is 1. The number of halogens is 2. The minimum Gasteiger partial charge on any atom is -0.385 e. The molecule has 1 aliphatic rings. The largest absolute Gasteiger partial charge is 0.385 e. The zero-order valence-corrected chi connectivity index (χ0v) is 13.6. The van der Waals surface area contributed by atoms with E-state index in [9.17, 15) is 18.4 Å². The van der Waals surface area contributed by atoms with Gasteiger partial charge in [-0.1, -0.05) is 24.3 Å². The van der Waals surface area contributed by atoms with Gasteiger partial charge in [0.2, 0.25) is 0 Å². The number of alkyl halides is 2. The smallest absolute Gasteiger partial charge is 0.269 e. The van der Waals surface area contributed by atoms with Crippen LogP contribution in [0.2, 0.25) is 0 Å². The summed E-state index contributed by atoms with van der Waals surface area (Å²) < 4.78 is 32.7. The van der Waals surface area contributed by atoms with Crippen LogP contribution in [0.4, 0.5) is 8.78 Å². The van der Waals surface area contributed by atoms with E-state index in [2.05, 4.69) is 15.2 Å². The molecule has 1 aromatic heterocycles. The van der Waals surface area contributed by atoms with Crippen molar-refractivity contribution in [2.45, 2.75) is 18.4 Å². The maximum atomic E-state index is 13.8. The molecule has 3 N–H and O–H groups in total. The lowest BCUT2D eigenvalue weighted by molar-refractivity contribution is -0.0129. The Morgan fingerprint density at radius 2 is 2.15 bits per heavy atom. The van der Waals surface area contributed by atoms with Crippen LogP contribution in [0.15, 0.2) is 46.2 Å². The molecule has 0 saturated heterocycles. The summed E-state index contributed by atoms with van der Waals surface area (Å²) in [7, 11) is 0. The fourth-order valence-corrected chi connectivity index (χ4v) is 2.74. The van der Waals surface area contributed by atoms with Gasteiger partial charge < -0.3 is 10.5 Å². The van der Waals surface area contributed by atoms with Crippen LogP contribution >= 0.6 is 0 Å². The molecule has 0 radical (unpaired) electrons. The number of ketones is 1. The molecule has 2 heterocycles. The predicted octanol–water partition coefficient (Wildman–Crippen LogP) is 1.04. The predicted molar refractivity (Wildman–Crippen MR) is 89.5 cm³/mol. The van der Waals surface area contributed by atoms with Crippen LogP contribution in [0, 0.1) is 0 Å². The van der Waals surface area contributed by atoms with E-state index < -0.39 is 17.5 Å². The number of aromatic amines is 1. The first-order valence-electron chi connectivity index (χ1n) is 7.79. The van der Waals surface area contributed by atoms with Gasteiger partial charge in [0.15, 0.2) is 11.3 Å². The Hall–Kier alpha value is -2.94. The zero-order valence-electron chi connectivity index (χ0n) is 13.6. The Labute approximate surface area is 146 Å². The molecular formula is C17H16F2N4O3. The summed E-state index contributed by atoms with van der Waals surface area (Å²) in [6.45, 7) is -0.297. The number of hydrogen-bond acceptors (Lipinski definition) is 6. The number of carbonyl (C=O) groups is 1. The second-order valence-corrected chi connectivity index (χ2v) is 5.93. The summed E-state index contributed by atoms with van der Waals surface area (Å²) in [5.74, 6) is -0.358. The average Bonchev–Trinajstić information content (AvgIpc) is 2.62. The van der Waals surface area contributed by atoms with Crippen molar-refractivity contribution in [3.05, 3.63) is 63.6 Å². The van der Waals surface area contributed by atoms with Gasteiger partial charge in [-0.05, 0) is 17.2 Å². The van der Waals surface area contributed by atoms with E-state index in [1.54, 1.807) is 12.1 Å². The molecule has 7 nitrogen and oxygen atoms in total. The van der Waals surface area contributed by atoms with Crippen LogP contribution < -0.4 is 11.3 Å². The number of amidine groups is 1. The number of carbonyl (C=O) groups excluding carboxylic acids is 1. The molecule has 26 heavy (non-hydrogen) atoms. The van der Waals surface area contributed by atoms with E-state index in [0.29, 0.717) is 5.56 Å². The molecule has 2 aromatic rings. The van der Waals surface area contributed by atoms with Crippen molar-refractivity contribution >= 4 is 11.6 Å². The van der Waals surface area contributed by atoms with Crippen molar-refractivity contribution in [1.29, 1.82) is 0 Å². The molecule has 0 aliphatic carbocycles. The Balaban J connectivity index is 1.90. The number of H-pyrrole nitrogens is 1. The maximum Gasteiger partial charge on any atom is 0.269 e. The molecule has 3 rings (SSSR count). The first-order chi connectivity index (χ1) is 12.4. The summed E-state index contributed by atoms with van der Waals surface area (Å²) in [6, 6.07) is 8.71. The highest BCUT2D eigenvalue weighted by molar-refractivity contribution is 5.95. The van der Waals surface area contributed by atoms with E-state index in [1.807, 2.05) is 0 Å². The van der Waals surface area contributed by atoms with Crippen LogP contribution in [-0.2, 0) is 16.7 Å². The number of benzene rings is 1. The molecule has 0 amide bonds. The Morgan fingerprint density at radius 1 is 1.35 bits per heavy atom. The van der Waals surface area contributed by atoms with E-state index >= 15 is 0 Å². The van der Waals surface area contributed by atoms with Gasteiger partial charge in [-0.25, -0.2) is 13.9 Å². The number of nitrogens with one attached hydrogen (secondary N) is 1. The van der Waals surface area contributed by atoms with Gasteiger partial charge in [0, 0.05) is 12.5 Å². The van der Waals surface area contributed by atoms with Crippen LogP contribution in [0.3, 0.4) is 0 Å². The molecular weight excluding hydrogens is 346 g/mol. The quantitative estimate of drug-likeness (QED) is 0.773. The van der Waals surface area contributed by atoms with E-state index in [1.165, 1.54) is 24.3 Å². The van der Waals surface area contributed by atoms with Gasteiger partial charge >= 0.3 is 0 Å². The zero-order chi connectivity index (χ0) is 18.7. The number of nitrogens with zero attached hydrogens (tertiary/aromatic N) is 2. The summed E-state index contributed by atoms with van der Waals surface area (Å²) in [5, 5.41) is 5.85. The van der Waals surface area contributed by atoms with Crippen molar-refractivity contribution < 1.29 is 18.3 Å². The Morgan fingerprint density at radius 3 is 2.81 bits per heavy atom. The van der Waals surface area contributed by atoms with Gasteiger partial charge in [0.1, 0.15) is 18.1 Å². The van der Waals surface area contributed by atoms with E-state index in [-0.39, 0.29) is 42.5 Å². The molecule has 0 spiro atoms. The number of aromatic nitrogens is 2. The molecule has 1 atom stereocenters. The fourth-order valence-electron chi connectivity index (χ4n) is 2.74. The second-order valence-electron chi connectivity index (χ2n) is 5.93. The number of aliphatic imine (C=N–C) groups is 1. The monoisotopic (exact) mass is 362 g/mol. The molecule has 1 unspecified atom stereocenters. The first-order valence-corrected chi connectivity index (χ1v) is 7.79. The molecule has 0 bridgehead atoms. The Kier molecular flexibility index (Phi) is 4.90. The van der Waals surface area contributed by atoms with Crippen LogP contribution in [0.25, 0.3) is 0 Å². The average molecular weight is 362 g/mol. The van der Waals surface area contributed by atoms with Gasteiger partial charge in [0.25, 0.3) is 12.0 Å². The SMILES string of the molecule is NC1=NC(c2cccc(CC(=O)c3ccc(=O)[nH]n3)c2)(C(F)F)COC1. The summed E-state index contributed by atoms with van der Waals surface area (Å²) in [6.07, 6.45) is -2.89. The minimum atomic E-state index is -2.83. The van der Waals surface area contributed by atoms with Crippen LogP contribution in [0.5, 0.6) is 0 Å². The minimum absolute atomic E-state index is 0.00420. The van der Waals surface area contributed by atoms with Crippen molar-refractivity contribution in [2.75, 3.05) is 13.2 Å². The summed E-state index contributed by atoms with van der Waals surface area (Å²) >= 11 is 0. The van der Waals surface area contributed by atoms with Crippen molar-refractivity contribution in [1.82, 2.24) is 10.2 Å². The highest BCUT2D eigenvalue weighted by Gasteiger charge is 2.44. The van der Waals surface area contributed by atoms with E-state index in [0.717, 1.165) is 0 Å². The number of rotatable bonds is 5. The van der Waals surface area contributed by atoms with Crippen LogP contribution in [0.1, 0.15) is 21.6 Å². The molecule has 9 heteroatoms. The fraction of sp³-hybridized carbons (Fsp3) is 0.294. The first kappa shape index (κ1) is 17.9. The second kappa shape index (κ2) is 7.12. The lowest BCUT2D eigenvalue weighted by atomic mass is 9.89. The molecule has 1 aromatic carbocycles. The van der Waals surface area contributed by atoms with Crippen molar-refractivity contribution in [3.63, 3.8) is 0 Å². The van der Waals surface area contributed by atoms with E-state index in [4.69, 9.17) is 10.5 Å². The van der Waals surface area contributed by atoms with Crippen molar-refractivity contribution in [2.24, 2.45) is 10.7 Å². The molecule has 0 fully saturated rings. The lowest BCUT2D eigenvalue weighted by Gasteiger charge is -2.33. The number of nitrogens with two attached hydrogens (primary N) is 1. The third-order valence-electron chi connectivity index (χ3n) is 4.03. The highest BCUT2D eigenvalue weighted by atomic mass is 19.3. The Bertz CT molecular complexity index is 892. The standard InChI is InChI=1S/C17H16F2N4O3/c18-16(19)17(9-26-8-14(20)21-17)11-3-1-2-10(6-11)7-13(24)12-4-5-15(25)23-22-12/h1-6,16H,7-9H2,(H2,20,21)(H,23,25). The van der Waals surface area contributed by atoms with Gasteiger partial charge in [-0.2, -0.15) is 5.10 Å². The number of Topliss-reactive ketones (excluding diaryl/α,β-unsaturated/α-hetero) is 1. The third-order valence-corrected chi connectivity index (χ3v) is 4.03. The molecule has 136 valence electrons. The highest BCUT2D eigenvalue weighted by Crippen LogP contribution is 2.35. The maximum absolute atomic E-state index is 13.8.